The molecule has 0 bridgehead atoms. The average Bonchev–Trinajstić information content (AvgIpc) is 3.11. The summed E-state index contributed by atoms with van der Waals surface area (Å²) in [5.41, 5.74) is 3.20. The fraction of sp³-hybridized carbons (Fsp3) is 0.400. The molecule has 29 heavy (non-hydrogen) atoms. The number of aryl methyl sites for hydroxylation is 1. The van der Waals surface area contributed by atoms with E-state index in [2.05, 4.69) is 32.7 Å². The highest BCUT2D eigenvalue weighted by atomic mass is 16.5. The molecule has 2 atom stereocenters. The molecule has 146 valence electrons. The molecule has 1 aromatic carbocycles. The molecule has 2 heterocycles. The maximum atomic E-state index is 9.89. The monoisotopic (exact) mass is 388 g/mol. The fourth-order valence-electron chi connectivity index (χ4n) is 3.95. The summed E-state index contributed by atoms with van der Waals surface area (Å²) in [6, 6.07) is 8.07. The molecule has 0 amide bonds. The molecule has 0 radical (unpaired) electrons. The number of hydrogen-bond donors (Lipinski definition) is 3. The van der Waals surface area contributed by atoms with Crippen molar-refractivity contribution in [2.24, 2.45) is 5.92 Å². The second kappa shape index (κ2) is 8.08. The number of fused-ring (bicyclic) bond motifs is 1. The lowest BCUT2D eigenvalue weighted by Crippen LogP contribution is -2.32. The van der Waals surface area contributed by atoms with Crippen molar-refractivity contribution in [2.45, 2.75) is 45.3 Å². The zero-order valence-electron chi connectivity index (χ0n) is 16.1. The van der Waals surface area contributed by atoms with Crippen LogP contribution in [0.3, 0.4) is 0 Å². The van der Waals surface area contributed by atoms with Crippen LogP contribution in [0, 0.1) is 35.5 Å². The minimum Gasteiger partial charge on any atom is -0.423 e. The Balaban J connectivity index is 1.57. The van der Waals surface area contributed by atoms with E-state index in [1.165, 1.54) is 0 Å². The predicted molar refractivity (Wildman–Crippen MR) is 109 cm³/mol. The van der Waals surface area contributed by atoms with Crippen LogP contribution in [0.2, 0.25) is 0 Å². The van der Waals surface area contributed by atoms with Gasteiger partial charge in [-0.15, -0.1) is 0 Å². The normalized spacial score (nSPS) is 20.5. The quantitative estimate of drug-likeness (QED) is 0.680. The van der Waals surface area contributed by atoms with Gasteiger partial charge in [0.15, 0.2) is 0 Å². The highest BCUT2D eigenvalue weighted by molar-refractivity contribution is 6.62. The minimum atomic E-state index is -1.07. The summed E-state index contributed by atoms with van der Waals surface area (Å²) in [4.78, 5) is 8.93. The van der Waals surface area contributed by atoms with E-state index in [9.17, 15) is 15.5 Å². The van der Waals surface area contributed by atoms with Gasteiger partial charge in [-0.2, -0.15) is 15.5 Å². The zero-order chi connectivity index (χ0) is 20.4. The molecule has 2 aromatic rings. The summed E-state index contributed by atoms with van der Waals surface area (Å²) in [6.45, 7) is 2.18. The van der Waals surface area contributed by atoms with Gasteiger partial charge in [-0.25, -0.2) is 4.98 Å². The third-order valence-electron chi connectivity index (χ3n) is 5.51. The van der Waals surface area contributed by atoms with Crippen LogP contribution in [0.1, 0.15) is 42.4 Å². The molecule has 9 heteroatoms. The van der Waals surface area contributed by atoms with E-state index in [4.69, 9.17) is 4.65 Å². The minimum absolute atomic E-state index is 0.0177. The van der Waals surface area contributed by atoms with E-state index in [0.29, 0.717) is 28.5 Å². The lowest BCUT2D eigenvalue weighted by atomic mass is 9.76. The maximum absolute atomic E-state index is 9.89. The molecule has 1 aliphatic carbocycles. The molecule has 0 saturated heterocycles. The van der Waals surface area contributed by atoms with Crippen molar-refractivity contribution in [3.05, 3.63) is 35.0 Å². The van der Waals surface area contributed by atoms with Crippen LogP contribution in [-0.4, -0.2) is 28.2 Å². The molecule has 0 unspecified atom stereocenters. The van der Waals surface area contributed by atoms with Gasteiger partial charge < -0.3 is 20.3 Å². The van der Waals surface area contributed by atoms with Gasteiger partial charge in [0.1, 0.15) is 5.82 Å². The van der Waals surface area contributed by atoms with Crippen LogP contribution < -0.4 is 16.1 Å². The number of anilines is 3. The Kier molecular flexibility index (Phi) is 5.35. The summed E-state index contributed by atoms with van der Waals surface area (Å²) < 4.78 is 5.22. The summed E-state index contributed by atoms with van der Waals surface area (Å²) in [5, 5.41) is 35.3. The van der Waals surface area contributed by atoms with E-state index >= 15 is 0 Å². The van der Waals surface area contributed by atoms with Gasteiger partial charge in [0.25, 0.3) is 0 Å². The maximum Gasteiger partial charge on any atom is 0.493 e. The number of rotatable bonds is 4. The smallest absolute Gasteiger partial charge is 0.423 e. The standard InChI is InChI=1S/C20H21BN6O2/c1-12-10-24-20(27-19(12)26-17-5-3-2-4-13(17)8-22)25-16-6-14(9-23)18-15(7-16)11-29-21(18)28/h6-7,10,13,17,28H,2-5,11H2,1H3,(H2,24,25,26,27)/t13-,17+/m1/s1. The molecule has 1 saturated carbocycles. The van der Waals surface area contributed by atoms with Crippen LogP contribution in [0.5, 0.6) is 0 Å². The lowest BCUT2D eigenvalue weighted by molar-refractivity contribution is 0.275. The van der Waals surface area contributed by atoms with Crippen LogP contribution in [-0.2, 0) is 11.3 Å². The van der Waals surface area contributed by atoms with Gasteiger partial charge in [-0.05, 0) is 37.5 Å². The van der Waals surface area contributed by atoms with Gasteiger partial charge >= 0.3 is 7.12 Å². The fourth-order valence-corrected chi connectivity index (χ4v) is 3.95. The lowest BCUT2D eigenvalue weighted by Gasteiger charge is -2.28. The van der Waals surface area contributed by atoms with E-state index in [1.807, 2.05) is 13.0 Å². The molecular formula is C20H21BN6O2. The van der Waals surface area contributed by atoms with Crippen molar-refractivity contribution < 1.29 is 9.68 Å². The molecular weight excluding hydrogens is 367 g/mol. The Morgan fingerprint density at radius 3 is 2.90 bits per heavy atom. The Labute approximate surface area is 169 Å². The summed E-state index contributed by atoms with van der Waals surface area (Å²) >= 11 is 0. The third kappa shape index (κ3) is 3.88. The van der Waals surface area contributed by atoms with E-state index in [1.54, 1.807) is 12.3 Å². The topological polar surface area (TPSA) is 127 Å². The second-order valence-corrected chi connectivity index (χ2v) is 7.49. The summed E-state index contributed by atoms with van der Waals surface area (Å²) in [5.74, 6) is 1.08. The largest absolute Gasteiger partial charge is 0.493 e. The molecule has 2 aliphatic rings. The van der Waals surface area contributed by atoms with Crippen molar-refractivity contribution in [1.29, 1.82) is 10.5 Å². The number of aromatic nitrogens is 2. The first-order chi connectivity index (χ1) is 14.1. The van der Waals surface area contributed by atoms with Gasteiger partial charge in [-0.3, -0.25) is 0 Å². The van der Waals surface area contributed by atoms with E-state index in [0.717, 1.165) is 36.8 Å². The molecule has 4 rings (SSSR count). The van der Waals surface area contributed by atoms with Crippen LogP contribution >= 0.6 is 0 Å². The molecule has 8 nitrogen and oxygen atoms in total. The average molecular weight is 388 g/mol. The van der Waals surface area contributed by atoms with Gasteiger partial charge in [0.2, 0.25) is 5.95 Å². The number of hydrogen-bond acceptors (Lipinski definition) is 8. The molecule has 1 aliphatic heterocycles. The summed E-state index contributed by atoms with van der Waals surface area (Å²) in [7, 11) is -1.07. The third-order valence-corrected chi connectivity index (χ3v) is 5.51. The van der Waals surface area contributed by atoms with Crippen molar-refractivity contribution in [2.75, 3.05) is 10.6 Å². The summed E-state index contributed by atoms with van der Waals surface area (Å²) in [6.07, 6.45) is 5.77. The zero-order valence-corrected chi connectivity index (χ0v) is 16.1. The van der Waals surface area contributed by atoms with E-state index in [-0.39, 0.29) is 18.6 Å². The highest BCUT2D eigenvalue weighted by Gasteiger charge is 2.31. The van der Waals surface area contributed by atoms with Gasteiger partial charge in [-0.1, -0.05) is 12.8 Å². The second-order valence-electron chi connectivity index (χ2n) is 7.49. The van der Waals surface area contributed by atoms with Gasteiger partial charge in [0.05, 0.1) is 30.2 Å². The molecule has 3 N–H and O–H groups in total. The number of benzene rings is 1. The number of nitrogens with zero attached hydrogens (tertiary/aromatic N) is 4. The Morgan fingerprint density at radius 1 is 1.28 bits per heavy atom. The van der Waals surface area contributed by atoms with Crippen molar-refractivity contribution >= 4 is 30.0 Å². The highest BCUT2D eigenvalue weighted by Crippen LogP contribution is 2.28. The number of nitriles is 2. The molecule has 1 fully saturated rings. The Morgan fingerprint density at radius 2 is 2.10 bits per heavy atom. The van der Waals surface area contributed by atoms with Gasteiger partial charge in [0, 0.05) is 29.0 Å². The predicted octanol–water partition coefficient (Wildman–Crippen LogP) is 2.11. The Hall–Kier alpha value is -3.14. The first-order valence-electron chi connectivity index (χ1n) is 9.72. The number of nitrogens with one attached hydrogen (secondary N) is 2. The first kappa shape index (κ1) is 19.2. The van der Waals surface area contributed by atoms with Crippen molar-refractivity contribution in [3.63, 3.8) is 0 Å². The first-order valence-corrected chi connectivity index (χ1v) is 9.72. The van der Waals surface area contributed by atoms with Crippen molar-refractivity contribution in [3.8, 4) is 12.1 Å². The van der Waals surface area contributed by atoms with Crippen molar-refractivity contribution in [1.82, 2.24) is 9.97 Å². The van der Waals surface area contributed by atoms with Crippen LogP contribution in [0.25, 0.3) is 0 Å². The van der Waals surface area contributed by atoms with Crippen LogP contribution in [0.15, 0.2) is 18.3 Å². The van der Waals surface area contributed by atoms with E-state index < -0.39 is 7.12 Å². The SMILES string of the molecule is Cc1cnc(Nc2cc(C#N)c3c(c2)COB3O)nc1N[C@H]1CCCC[C@@H]1C#N. The molecule has 1 aromatic heterocycles. The van der Waals surface area contributed by atoms with Crippen LogP contribution in [0.4, 0.5) is 17.5 Å². The Bertz CT molecular complexity index is 1020. The molecule has 0 spiro atoms.